The fourth-order valence-electron chi connectivity index (χ4n) is 0.823. The molecule has 0 fully saturated rings. The standard InChI is InChI=1S/C8H10O.Bi/c1-6-4-3-5-8(9)7(6)2;/h3-5,9H,1-2H3;/q;+1/p-1. The number of hydrogen-bond donors (Lipinski definition) is 0. The predicted octanol–water partition coefficient (Wildman–Crippen LogP) is 1.77. The van der Waals surface area contributed by atoms with Crippen LogP contribution in [0.3, 0.4) is 0 Å². The van der Waals surface area contributed by atoms with Gasteiger partial charge in [0, 0.05) is 0 Å². The van der Waals surface area contributed by atoms with Crippen molar-refractivity contribution in [3.8, 4) is 5.75 Å². The predicted molar refractivity (Wildman–Crippen MR) is 42.3 cm³/mol. The number of benzene rings is 1. The maximum atomic E-state index is 5.24. The number of rotatable bonds is 1. The molecule has 1 rings (SSSR count). The maximum absolute atomic E-state index is 5.24. The molecule has 2 heteroatoms. The molecule has 0 atom stereocenters. The number of aryl methyl sites for hydroxylation is 1. The molecular weight excluding hydrogens is 321 g/mol. The summed E-state index contributed by atoms with van der Waals surface area (Å²) in [6, 6.07) is 6.11. The third-order valence-electron chi connectivity index (χ3n) is 1.65. The van der Waals surface area contributed by atoms with Crippen LogP contribution in [0.1, 0.15) is 11.1 Å². The van der Waals surface area contributed by atoms with Gasteiger partial charge in [0.15, 0.2) is 0 Å². The Morgan fingerprint density at radius 2 is 2.00 bits per heavy atom. The summed E-state index contributed by atoms with van der Waals surface area (Å²) < 4.78 is 5.24. The molecule has 52 valence electrons. The Bertz CT molecular complexity index is 233. The van der Waals surface area contributed by atoms with Crippen molar-refractivity contribution in [3.05, 3.63) is 29.3 Å². The normalized spacial score (nSPS) is 9.50. The molecule has 0 amide bonds. The number of hydrogen-bond acceptors (Lipinski definition) is 1. The van der Waals surface area contributed by atoms with Crippen molar-refractivity contribution in [2.75, 3.05) is 0 Å². The van der Waals surface area contributed by atoms with Gasteiger partial charge in [-0.15, -0.1) is 0 Å². The van der Waals surface area contributed by atoms with Gasteiger partial charge < -0.3 is 0 Å². The molecule has 0 aliphatic carbocycles. The van der Waals surface area contributed by atoms with Crippen LogP contribution in [0, 0.1) is 13.8 Å². The van der Waals surface area contributed by atoms with Crippen molar-refractivity contribution in [1.29, 1.82) is 0 Å². The van der Waals surface area contributed by atoms with Gasteiger partial charge in [-0.3, -0.25) is 0 Å². The second-order valence-corrected chi connectivity index (χ2v) is 3.00. The molecule has 10 heavy (non-hydrogen) atoms. The van der Waals surface area contributed by atoms with Crippen LogP contribution in [0.5, 0.6) is 5.75 Å². The Balaban J connectivity index is 3.14. The summed E-state index contributed by atoms with van der Waals surface area (Å²) in [6.45, 7) is 4.17. The molecular formula is C8H9BiO. The molecule has 1 nitrogen and oxygen atoms in total. The Morgan fingerprint density at radius 3 is 2.50 bits per heavy atom. The van der Waals surface area contributed by atoms with Crippen LogP contribution >= 0.6 is 0 Å². The van der Waals surface area contributed by atoms with Crippen LogP contribution in [0.4, 0.5) is 0 Å². The van der Waals surface area contributed by atoms with Gasteiger partial charge >= 0.3 is 76.9 Å². The Hall–Kier alpha value is -0.0969. The van der Waals surface area contributed by atoms with Crippen LogP contribution < -0.4 is 2.81 Å². The first-order valence-electron chi connectivity index (χ1n) is 3.13. The average molecular weight is 330 g/mol. The summed E-state index contributed by atoms with van der Waals surface area (Å²) >= 11 is 0.958. The van der Waals surface area contributed by atoms with E-state index < -0.39 is 0 Å². The third-order valence-corrected chi connectivity index (χ3v) is 2.42. The van der Waals surface area contributed by atoms with Gasteiger partial charge in [-0.1, -0.05) is 0 Å². The van der Waals surface area contributed by atoms with Gasteiger partial charge in [0.25, 0.3) is 0 Å². The second kappa shape index (κ2) is 3.34. The fraction of sp³-hybridized carbons (Fsp3) is 0.250. The molecule has 0 saturated carbocycles. The van der Waals surface area contributed by atoms with Crippen molar-refractivity contribution in [3.63, 3.8) is 0 Å². The summed E-state index contributed by atoms with van der Waals surface area (Å²) in [5, 5.41) is 0. The van der Waals surface area contributed by atoms with Crippen molar-refractivity contribution < 1.29 is 2.81 Å². The van der Waals surface area contributed by atoms with Crippen LogP contribution in [-0.2, 0) is 0 Å². The summed E-state index contributed by atoms with van der Waals surface area (Å²) in [5.74, 6) is 1.02. The molecule has 0 unspecified atom stereocenters. The quantitative estimate of drug-likeness (QED) is 0.713. The summed E-state index contributed by atoms with van der Waals surface area (Å²) in [6.07, 6.45) is 0. The molecule has 2 radical (unpaired) electrons. The molecule has 1 aromatic carbocycles. The first-order valence-corrected chi connectivity index (χ1v) is 4.55. The van der Waals surface area contributed by atoms with E-state index in [2.05, 4.69) is 19.9 Å². The van der Waals surface area contributed by atoms with E-state index in [4.69, 9.17) is 2.81 Å². The van der Waals surface area contributed by atoms with Gasteiger partial charge in [0.1, 0.15) is 0 Å². The monoisotopic (exact) mass is 330 g/mol. The van der Waals surface area contributed by atoms with Crippen molar-refractivity contribution in [1.82, 2.24) is 0 Å². The molecule has 0 spiro atoms. The summed E-state index contributed by atoms with van der Waals surface area (Å²) in [4.78, 5) is 0. The molecule has 0 aliphatic heterocycles. The third kappa shape index (κ3) is 1.49. The van der Waals surface area contributed by atoms with E-state index in [1.807, 2.05) is 12.1 Å². The zero-order valence-electron chi connectivity index (χ0n) is 6.09. The van der Waals surface area contributed by atoms with Gasteiger partial charge in [-0.2, -0.15) is 0 Å². The van der Waals surface area contributed by atoms with E-state index >= 15 is 0 Å². The van der Waals surface area contributed by atoms with Crippen LogP contribution in [0.2, 0.25) is 0 Å². The molecule has 0 aliphatic rings. The van der Waals surface area contributed by atoms with Crippen molar-refractivity contribution in [2.45, 2.75) is 13.8 Å². The molecule has 0 N–H and O–H groups in total. The van der Waals surface area contributed by atoms with E-state index in [1.165, 1.54) is 11.1 Å². The molecule has 0 heterocycles. The molecule has 0 bridgehead atoms. The molecule has 0 aromatic heterocycles. The Labute approximate surface area is 76.9 Å². The summed E-state index contributed by atoms with van der Waals surface area (Å²) in [7, 11) is 0. The summed E-state index contributed by atoms with van der Waals surface area (Å²) in [5.41, 5.74) is 2.55. The molecule has 1 aromatic rings. The SMILES string of the molecule is Cc1cccc([O][Bi])c1C. The minimum atomic E-state index is 0.958. The second-order valence-electron chi connectivity index (χ2n) is 2.29. The van der Waals surface area contributed by atoms with Crippen molar-refractivity contribution >= 4 is 25.2 Å². The van der Waals surface area contributed by atoms with Gasteiger partial charge in [-0.25, -0.2) is 0 Å². The van der Waals surface area contributed by atoms with E-state index in [0.717, 1.165) is 30.9 Å². The van der Waals surface area contributed by atoms with E-state index in [-0.39, 0.29) is 0 Å². The zero-order valence-corrected chi connectivity index (χ0v) is 9.56. The average Bonchev–Trinajstić information content (AvgIpc) is 1.95. The first kappa shape index (κ1) is 8.00. The van der Waals surface area contributed by atoms with Gasteiger partial charge in [0.2, 0.25) is 0 Å². The fourth-order valence-corrected chi connectivity index (χ4v) is 1.59. The van der Waals surface area contributed by atoms with E-state index in [1.54, 1.807) is 0 Å². The van der Waals surface area contributed by atoms with Crippen molar-refractivity contribution in [2.24, 2.45) is 0 Å². The van der Waals surface area contributed by atoms with Crippen LogP contribution in [-0.4, -0.2) is 25.2 Å². The topological polar surface area (TPSA) is 9.23 Å². The van der Waals surface area contributed by atoms with Crippen LogP contribution in [0.25, 0.3) is 0 Å². The van der Waals surface area contributed by atoms with Crippen LogP contribution in [0.15, 0.2) is 18.2 Å². The van der Waals surface area contributed by atoms with E-state index in [0.29, 0.717) is 0 Å². The van der Waals surface area contributed by atoms with Gasteiger partial charge in [0.05, 0.1) is 0 Å². The zero-order chi connectivity index (χ0) is 7.56. The molecule has 0 saturated heterocycles. The van der Waals surface area contributed by atoms with E-state index in [9.17, 15) is 0 Å². The first-order chi connectivity index (χ1) is 4.75. The Kier molecular flexibility index (Phi) is 2.67. The van der Waals surface area contributed by atoms with Gasteiger partial charge in [-0.05, 0) is 0 Å². The Morgan fingerprint density at radius 1 is 1.30 bits per heavy atom. The minimum absolute atomic E-state index is 0.958.